The van der Waals surface area contributed by atoms with Crippen LogP contribution in [-0.2, 0) is 4.79 Å². The van der Waals surface area contributed by atoms with E-state index >= 15 is 0 Å². The van der Waals surface area contributed by atoms with Gasteiger partial charge in [-0.1, -0.05) is 30.4 Å². The van der Waals surface area contributed by atoms with E-state index in [-0.39, 0.29) is 23.5 Å². The van der Waals surface area contributed by atoms with E-state index in [0.29, 0.717) is 18.4 Å². The zero-order chi connectivity index (χ0) is 16.3. The van der Waals surface area contributed by atoms with Crippen molar-refractivity contribution in [2.45, 2.75) is 58.2 Å². The van der Waals surface area contributed by atoms with E-state index in [9.17, 15) is 15.0 Å². The SMILES string of the molecule is C=C1C[C@H]2[C@H](C=C[C@@H](O)CCCC=C(C)C)[C@H](O)C[C@@H]2C1=O. The molecule has 22 heavy (non-hydrogen) atoms. The number of rotatable bonds is 6. The maximum Gasteiger partial charge on any atom is 0.161 e. The van der Waals surface area contributed by atoms with Crippen molar-refractivity contribution in [2.75, 3.05) is 0 Å². The average Bonchev–Trinajstić information content (AvgIpc) is 2.89. The van der Waals surface area contributed by atoms with Crippen LogP contribution in [0.5, 0.6) is 0 Å². The van der Waals surface area contributed by atoms with Crippen LogP contribution in [0.1, 0.15) is 46.0 Å². The third kappa shape index (κ3) is 3.96. The van der Waals surface area contributed by atoms with Crippen LogP contribution in [0.25, 0.3) is 0 Å². The topological polar surface area (TPSA) is 57.5 Å². The van der Waals surface area contributed by atoms with Crippen molar-refractivity contribution >= 4 is 5.78 Å². The average molecular weight is 304 g/mol. The predicted molar refractivity (Wildman–Crippen MR) is 88.3 cm³/mol. The Morgan fingerprint density at radius 2 is 2.18 bits per heavy atom. The first-order valence-electron chi connectivity index (χ1n) is 8.30. The summed E-state index contributed by atoms with van der Waals surface area (Å²) in [6.07, 6.45) is 8.83. The van der Waals surface area contributed by atoms with Gasteiger partial charge in [0.05, 0.1) is 12.2 Å². The van der Waals surface area contributed by atoms with Gasteiger partial charge >= 0.3 is 0 Å². The molecule has 5 atom stereocenters. The first kappa shape index (κ1) is 17.2. The van der Waals surface area contributed by atoms with E-state index in [0.717, 1.165) is 19.3 Å². The van der Waals surface area contributed by atoms with Gasteiger partial charge in [0.1, 0.15) is 0 Å². The summed E-state index contributed by atoms with van der Waals surface area (Å²) >= 11 is 0. The molecule has 122 valence electrons. The first-order chi connectivity index (χ1) is 10.4. The second-order valence-electron chi connectivity index (χ2n) is 6.99. The van der Waals surface area contributed by atoms with Gasteiger partial charge in [-0.15, -0.1) is 0 Å². The number of aliphatic hydroxyl groups is 2. The zero-order valence-electron chi connectivity index (χ0n) is 13.7. The molecule has 0 heterocycles. The maximum atomic E-state index is 12.0. The number of hydrogen-bond donors (Lipinski definition) is 2. The largest absolute Gasteiger partial charge is 0.392 e. The molecule has 0 saturated heterocycles. The lowest BCUT2D eigenvalue weighted by molar-refractivity contribution is -0.118. The summed E-state index contributed by atoms with van der Waals surface area (Å²) in [5.41, 5.74) is 2.00. The molecule has 2 aliphatic carbocycles. The molecule has 0 aromatic rings. The van der Waals surface area contributed by atoms with Crippen molar-refractivity contribution in [3.8, 4) is 0 Å². The maximum absolute atomic E-state index is 12.0. The van der Waals surface area contributed by atoms with E-state index < -0.39 is 12.2 Å². The van der Waals surface area contributed by atoms with Crippen LogP contribution < -0.4 is 0 Å². The number of carbonyl (C=O) groups excluding carboxylic acids is 1. The third-order valence-electron chi connectivity index (χ3n) is 4.93. The Labute approximate surface area is 133 Å². The molecule has 0 spiro atoms. The highest BCUT2D eigenvalue weighted by Gasteiger charge is 2.49. The van der Waals surface area contributed by atoms with Gasteiger partial charge in [-0.2, -0.15) is 0 Å². The van der Waals surface area contributed by atoms with Crippen LogP contribution in [-0.4, -0.2) is 28.2 Å². The van der Waals surface area contributed by atoms with Gasteiger partial charge in [0.25, 0.3) is 0 Å². The number of Topliss-reactive ketones (excluding diaryl/α,β-unsaturated/α-hetero) is 1. The number of hydrogen-bond acceptors (Lipinski definition) is 3. The highest BCUT2D eigenvalue weighted by molar-refractivity contribution is 5.99. The van der Waals surface area contributed by atoms with Crippen LogP contribution in [0.2, 0.25) is 0 Å². The Bertz CT molecular complexity index is 485. The van der Waals surface area contributed by atoms with E-state index in [1.165, 1.54) is 5.57 Å². The number of aliphatic hydroxyl groups excluding tert-OH is 2. The van der Waals surface area contributed by atoms with Crippen molar-refractivity contribution in [3.63, 3.8) is 0 Å². The molecule has 0 amide bonds. The molecule has 3 nitrogen and oxygen atoms in total. The minimum Gasteiger partial charge on any atom is -0.392 e. The highest BCUT2D eigenvalue weighted by atomic mass is 16.3. The molecule has 2 rings (SSSR count). The number of ketones is 1. The monoisotopic (exact) mass is 304 g/mol. The van der Waals surface area contributed by atoms with Crippen molar-refractivity contribution in [1.82, 2.24) is 0 Å². The molecule has 2 N–H and O–H groups in total. The van der Waals surface area contributed by atoms with Gasteiger partial charge in [0.15, 0.2) is 5.78 Å². The van der Waals surface area contributed by atoms with Crippen LogP contribution in [0.4, 0.5) is 0 Å². The quantitative estimate of drug-likeness (QED) is 0.450. The molecule has 0 aromatic heterocycles. The Kier molecular flexibility index (Phi) is 5.76. The van der Waals surface area contributed by atoms with Crippen molar-refractivity contribution in [1.29, 1.82) is 0 Å². The Morgan fingerprint density at radius 3 is 2.86 bits per heavy atom. The fourth-order valence-electron chi connectivity index (χ4n) is 3.71. The van der Waals surface area contributed by atoms with E-state index in [2.05, 4.69) is 26.5 Å². The molecule has 0 bridgehead atoms. The van der Waals surface area contributed by atoms with Gasteiger partial charge in [-0.3, -0.25) is 4.79 Å². The molecule has 0 aliphatic heterocycles. The van der Waals surface area contributed by atoms with Gasteiger partial charge in [-0.05, 0) is 57.4 Å². The lowest BCUT2D eigenvalue weighted by Crippen LogP contribution is -2.17. The smallest absolute Gasteiger partial charge is 0.161 e. The van der Waals surface area contributed by atoms with Crippen LogP contribution >= 0.6 is 0 Å². The summed E-state index contributed by atoms with van der Waals surface area (Å²) in [7, 11) is 0. The van der Waals surface area contributed by atoms with E-state index in [1.54, 1.807) is 6.08 Å². The molecule has 0 radical (unpaired) electrons. The fourth-order valence-corrected chi connectivity index (χ4v) is 3.71. The van der Waals surface area contributed by atoms with Crippen molar-refractivity contribution in [2.24, 2.45) is 17.8 Å². The normalized spacial score (nSPS) is 32.5. The van der Waals surface area contributed by atoms with Crippen LogP contribution in [0.15, 0.2) is 36.0 Å². The molecule has 2 aliphatic rings. The number of allylic oxidation sites excluding steroid dienone is 3. The van der Waals surface area contributed by atoms with Crippen molar-refractivity contribution in [3.05, 3.63) is 36.0 Å². The van der Waals surface area contributed by atoms with Crippen molar-refractivity contribution < 1.29 is 15.0 Å². The molecule has 0 aromatic carbocycles. The Balaban J connectivity index is 1.85. The lowest BCUT2D eigenvalue weighted by Gasteiger charge is -2.17. The second-order valence-corrected chi connectivity index (χ2v) is 6.99. The molecular weight excluding hydrogens is 276 g/mol. The summed E-state index contributed by atoms with van der Waals surface area (Å²) in [5.74, 6) is 0.207. The van der Waals surface area contributed by atoms with Gasteiger partial charge in [-0.25, -0.2) is 0 Å². The minimum absolute atomic E-state index is 0.0272. The minimum atomic E-state index is -0.475. The summed E-state index contributed by atoms with van der Waals surface area (Å²) in [6.45, 7) is 7.98. The third-order valence-corrected chi connectivity index (χ3v) is 4.93. The molecular formula is C19H28O3. The second kappa shape index (κ2) is 7.38. The van der Waals surface area contributed by atoms with Gasteiger partial charge in [0.2, 0.25) is 0 Å². The summed E-state index contributed by atoms with van der Waals surface area (Å²) in [5, 5.41) is 20.2. The van der Waals surface area contributed by atoms with Crippen LogP contribution in [0.3, 0.4) is 0 Å². The van der Waals surface area contributed by atoms with Gasteiger partial charge < -0.3 is 10.2 Å². The van der Waals surface area contributed by atoms with Gasteiger partial charge in [0, 0.05) is 11.8 Å². The van der Waals surface area contributed by atoms with Crippen LogP contribution in [0, 0.1) is 17.8 Å². The number of unbranched alkanes of at least 4 members (excludes halogenated alkanes) is 1. The number of fused-ring (bicyclic) bond motifs is 1. The molecule has 2 saturated carbocycles. The Morgan fingerprint density at radius 1 is 1.45 bits per heavy atom. The summed E-state index contributed by atoms with van der Waals surface area (Å²) in [6, 6.07) is 0. The summed E-state index contributed by atoms with van der Waals surface area (Å²) in [4.78, 5) is 12.0. The highest BCUT2D eigenvalue weighted by Crippen LogP contribution is 2.48. The lowest BCUT2D eigenvalue weighted by atomic mass is 9.90. The standard InChI is InChI=1S/C19H28O3/c1-12(2)6-4-5-7-14(20)8-9-15-16-10-13(3)19(22)17(16)11-18(15)21/h6,8-9,14-18,20-21H,3-5,7,10-11H2,1-2H3/t14-,15-,16-,17-,18+/m0/s1. The number of carbonyl (C=O) groups is 1. The molecule has 3 heteroatoms. The van der Waals surface area contributed by atoms with E-state index in [1.807, 2.05) is 6.08 Å². The predicted octanol–water partition coefficient (Wildman–Crippen LogP) is 3.18. The molecule has 2 fully saturated rings. The molecule has 0 unspecified atom stereocenters. The first-order valence-corrected chi connectivity index (χ1v) is 8.30. The zero-order valence-corrected chi connectivity index (χ0v) is 13.7. The Hall–Kier alpha value is -1.19. The van der Waals surface area contributed by atoms with E-state index in [4.69, 9.17) is 0 Å². The fraction of sp³-hybridized carbons (Fsp3) is 0.632. The summed E-state index contributed by atoms with van der Waals surface area (Å²) < 4.78 is 0.